The van der Waals surface area contributed by atoms with Crippen molar-refractivity contribution in [3.8, 4) is 0 Å². The van der Waals surface area contributed by atoms with Crippen molar-refractivity contribution < 1.29 is 27.2 Å². The smallest absolute Gasteiger partial charge is 0.310 e. The number of amides is 3. The van der Waals surface area contributed by atoms with Crippen LogP contribution in [0.25, 0.3) is 10.9 Å². The summed E-state index contributed by atoms with van der Waals surface area (Å²) in [5, 5.41) is 3.94. The molecule has 15 heteroatoms. The van der Waals surface area contributed by atoms with Crippen LogP contribution in [0.5, 0.6) is 0 Å². The number of benzene rings is 1. The molecule has 1 fully saturated rings. The molecule has 0 spiro atoms. The van der Waals surface area contributed by atoms with E-state index in [1.54, 1.807) is 32.3 Å². The van der Waals surface area contributed by atoms with Gasteiger partial charge in [-0.25, -0.2) is 13.4 Å². The summed E-state index contributed by atoms with van der Waals surface area (Å²) in [4.78, 5) is 48.4. The molecule has 0 aliphatic carbocycles. The predicted octanol–water partition coefficient (Wildman–Crippen LogP) is 0.865. The number of hydrogen-bond donors (Lipinski definition) is 3. The first kappa shape index (κ1) is 29.0. The minimum absolute atomic E-state index is 0.00233. The van der Waals surface area contributed by atoms with Crippen LogP contribution in [0.15, 0.2) is 27.6 Å². The average Bonchev–Trinajstić information content (AvgIpc) is 3.49. The van der Waals surface area contributed by atoms with Crippen LogP contribution >= 0.6 is 11.6 Å². The van der Waals surface area contributed by atoms with Gasteiger partial charge in [-0.05, 0) is 25.1 Å². The highest BCUT2D eigenvalue weighted by Crippen LogP contribution is 2.32. The van der Waals surface area contributed by atoms with Gasteiger partial charge in [0.2, 0.25) is 11.8 Å². The lowest BCUT2D eigenvalue weighted by atomic mass is 10.1. The fourth-order valence-corrected chi connectivity index (χ4v) is 7.14. The van der Waals surface area contributed by atoms with Gasteiger partial charge in [-0.15, -0.1) is 0 Å². The molecule has 0 radical (unpaired) electrons. The quantitative estimate of drug-likeness (QED) is 0.355. The van der Waals surface area contributed by atoms with E-state index in [1.165, 1.54) is 14.1 Å². The monoisotopic (exact) mass is 605 g/mol. The number of nitrogens with one attached hydrogen (secondary N) is 2. The normalized spacial score (nSPS) is 19.8. The molecule has 2 aromatic heterocycles. The van der Waals surface area contributed by atoms with Crippen molar-refractivity contribution >= 4 is 50.2 Å². The predicted molar refractivity (Wildman–Crippen MR) is 150 cm³/mol. The number of nitrogens with zero attached hydrogens (tertiary/aromatic N) is 4. The third-order valence-electron chi connectivity index (χ3n) is 7.47. The maximum absolute atomic E-state index is 14.0. The van der Waals surface area contributed by atoms with Crippen LogP contribution in [0.3, 0.4) is 0 Å². The standard InChI is InChI=1S/C26H32ClN7O6S/c1-14-8-20-21(12-29-14)40-24(30-20)26(37)34-7-6-33(13-16(34)10-23(36)32(2)3)41(38,39)25-18(11-22(28)35)17-9-15(27)4-5-19(17)31-25/h4-5,9,14,16,29,31H,6-8,10-13H2,1-3H3,(H2,28,35). The van der Waals surface area contributed by atoms with E-state index in [0.29, 0.717) is 40.3 Å². The fraction of sp³-hybridized carbons (Fsp3) is 0.462. The SMILES string of the molecule is CC1Cc2nc(C(=O)N3CCN(S(=O)(=O)c4[nH]c5ccc(Cl)cc5c4CC(N)=O)CC3CC(=O)N(C)C)oc2CN1. The number of H-pyrrole nitrogens is 1. The van der Waals surface area contributed by atoms with Crippen molar-refractivity contribution in [1.29, 1.82) is 0 Å². The highest BCUT2D eigenvalue weighted by Gasteiger charge is 2.41. The molecule has 5 rings (SSSR count). The van der Waals surface area contributed by atoms with Gasteiger partial charge in [0.15, 0.2) is 5.03 Å². The summed E-state index contributed by atoms with van der Waals surface area (Å²) in [6, 6.07) is 4.21. The zero-order chi connectivity index (χ0) is 29.6. The van der Waals surface area contributed by atoms with Crippen LogP contribution < -0.4 is 11.1 Å². The van der Waals surface area contributed by atoms with Gasteiger partial charge in [0.1, 0.15) is 5.76 Å². The summed E-state index contributed by atoms with van der Waals surface area (Å²) in [6.45, 7) is 2.26. The Kier molecular flexibility index (Phi) is 7.85. The van der Waals surface area contributed by atoms with Crippen molar-refractivity contribution in [2.24, 2.45) is 5.73 Å². The number of oxazole rings is 1. The molecule has 3 amide bonds. The van der Waals surface area contributed by atoms with E-state index >= 15 is 0 Å². The van der Waals surface area contributed by atoms with Gasteiger partial charge >= 0.3 is 5.91 Å². The molecule has 2 aliphatic rings. The molecular formula is C26H32ClN7O6S. The van der Waals surface area contributed by atoms with Crippen LogP contribution in [-0.4, -0.2) is 96.0 Å². The molecule has 1 saturated heterocycles. The van der Waals surface area contributed by atoms with Crippen LogP contribution in [0.1, 0.15) is 41.0 Å². The number of carbonyl (C=O) groups is 3. The second-order valence-corrected chi connectivity index (χ2v) is 13.0. The highest BCUT2D eigenvalue weighted by atomic mass is 35.5. The Labute approximate surface area is 242 Å². The Morgan fingerprint density at radius 2 is 2.00 bits per heavy atom. The van der Waals surface area contributed by atoms with E-state index < -0.39 is 27.9 Å². The summed E-state index contributed by atoms with van der Waals surface area (Å²) < 4.78 is 35.0. The van der Waals surface area contributed by atoms with Crippen molar-refractivity contribution in [3.63, 3.8) is 0 Å². The minimum atomic E-state index is -4.21. The lowest BCUT2D eigenvalue weighted by Crippen LogP contribution is -2.57. The second kappa shape index (κ2) is 11.1. The molecule has 1 aromatic carbocycles. The summed E-state index contributed by atoms with van der Waals surface area (Å²) in [5.74, 6) is -0.970. The van der Waals surface area contributed by atoms with Crippen LogP contribution in [0.4, 0.5) is 0 Å². The Bertz CT molecular complexity index is 1630. The summed E-state index contributed by atoms with van der Waals surface area (Å²) in [5.41, 5.74) is 6.86. The average molecular weight is 606 g/mol. The number of primary amides is 1. The topological polar surface area (TPSA) is 175 Å². The molecule has 0 saturated carbocycles. The zero-order valence-electron chi connectivity index (χ0n) is 22.9. The number of sulfonamides is 1. The summed E-state index contributed by atoms with van der Waals surface area (Å²) >= 11 is 6.15. The van der Waals surface area contributed by atoms with E-state index in [1.807, 2.05) is 6.92 Å². The molecule has 0 bridgehead atoms. The fourth-order valence-electron chi connectivity index (χ4n) is 5.29. The third-order valence-corrected chi connectivity index (χ3v) is 9.58. The first-order valence-electron chi connectivity index (χ1n) is 13.2. The number of carbonyl (C=O) groups excluding carboxylic acids is 3. The molecule has 220 valence electrons. The molecule has 2 aliphatic heterocycles. The van der Waals surface area contributed by atoms with Gasteiger partial charge in [0.05, 0.1) is 24.7 Å². The largest absolute Gasteiger partial charge is 0.436 e. The molecule has 2 unspecified atom stereocenters. The molecule has 4 heterocycles. The minimum Gasteiger partial charge on any atom is -0.436 e. The zero-order valence-corrected chi connectivity index (χ0v) is 24.5. The van der Waals surface area contributed by atoms with E-state index in [9.17, 15) is 22.8 Å². The first-order valence-corrected chi connectivity index (χ1v) is 15.0. The maximum atomic E-state index is 14.0. The van der Waals surface area contributed by atoms with Gasteiger partial charge < -0.3 is 30.3 Å². The number of aromatic nitrogens is 2. The number of hydrogen-bond acceptors (Lipinski definition) is 8. The Balaban J connectivity index is 1.47. The number of fused-ring (bicyclic) bond motifs is 2. The molecule has 4 N–H and O–H groups in total. The highest BCUT2D eigenvalue weighted by molar-refractivity contribution is 7.89. The van der Waals surface area contributed by atoms with E-state index in [2.05, 4.69) is 15.3 Å². The third kappa shape index (κ3) is 5.69. The molecule has 2 atom stereocenters. The Morgan fingerprint density at radius 1 is 1.24 bits per heavy atom. The molecule has 3 aromatic rings. The second-order valence-electron chi connectivity index (χ2n) is 10.6. The first-order chi connectivity index (χ1) is 19.3. The van der Waals surface area contributed by atoms with Crippen molar-refractivity contribution in [1.82, 2.24) is 29.4 Å². The number of rotatable bonds is 7. The van der Waals surface area contributed by atoms with Gasteiger partial charge in [0, 0.05) is 74.1 Å². The van der Waals surface area contributed by atoms with Crippen LogP contribution in [0, 0.1) is 0 Å². The van der Waals surface area contributed by atoms with Gasteiger partial charge in [-0.2, -0.15) is 4.31 Å². The Hall–Kier alpha value is -3.46. The summed E-state index contributed by atoms with van der Waals surface area (Å²) in [7, 11) is -1.03. The van der Waals surface area contributed by atoms with E-state index in [-0.39, 0.29) is 60.9 Å². The van der Waals surface area contributed by atoms with Gasteiger partial charge in [0.25, 0.3) is 15.9 Å². The summed E-state index contributed by atoms with van der Waals surface area (Å²) in [6.07, 6.45) is 0.183. The molecular weight excluding hydrogens is 574 g/mol. The maximum Gasteiger partial charge on any atom is 0.310 e. The van der Waals surface area contributed by atoms with Crippen molar-refractivity contribution in [2.45, 2.75) is 49.8 Å². The van der Waals surface area contributed by atoms with Crippen LogP contribution in [0.2, 0.25) is 5.02 Å². The van der Waals surface area contributed by atoms with E-state index in [0.717, 1.165) is 0 Å². The Morgan fingerprint density at radius 3 is 2.71 bits per heavy atom. The number of piperazine rings is 1. The van der Waals surface area contributed by atoms with Crippen molar-refractivity contribution in [3.05, 3.63) is 46.1 Å². The van der Waals surface area contributed by atoms with Crippen LogP contribution in [-0.2, 0) is 39.0 Å². The van der Waals surface area contributed by atoms with Gasteiger partial charge in [-0.3, -0.25) is 14.4 Å². The molecule has 13 nitrogen and oxygen atoms in total. The number of halogens is 1. The van der Waals surface area contributed by atoms with Gasteiger partial charge in [-0.1, -0.05) is 11.6 Å². The lowest BCUT2D eigenvalue weighted by Gasteiger charge is -2.40. The number of aromatic amines is 1. The van der Waals surface area contributed by atoms with Crippen molar-refractivity contribution in [2.75, 3.05) is 33.7 Å². The van der Waals surface area contributed by atoms with E-state index in [4.69, 9.17) is 21.8 Å². The lowest BCUT2D eigenvalue weighted by molar-refractivity contribution is -0.130. The molecule has 41 heavy (non-hydrogen) atoms. The number of nitrogens with two attached hydrogens (primary N) is 1.